The quantitative estimate of drug-likeness (QED) is 0.773. The fraction of sp³-hybridized carbons (Fsp3) is 0.294. The van der Waals surface area contributed by atoms with Gasteiger partial charge in [-0.05, 0) is 35.9 Å². The van der Waals surface area contributed by atoms with Crippen molar-refractivity contribution in [2.45, 2.75) is 24.1 Å². The number of ether oxygens (including phenoxy) is 1. The summed E-state index contributed by atoms with van der Waals surface area (Å²) in [5.74, 6) is 0.945. The lowest BCUT2D eigenvalue weighted by atomic mass is 10.2. The van der Waals surface area contributed by atoms with Gasteiger partial charge in [0.1, 0.15) is 11.6 Å². The van der Waals surface area contributed by atoms with Crippen molar-refractivity contribution in [3.8, 4) is 5.75 Å². The second-order valence-electron chi connectivity index (χ2n) is 4.67. The second kappa shape index (κ2) is 8.05. The summed E-state index contributed by atoms with van der Waals surface area (Å²) in [6.45, 7) is 3.90. The first-order chi connectivity index (χ1) is 10.2. The SMILES string of the molecule is CCNCc1cccc(SCc2ccc(OC)cc2F)c1. The molecule has 0 saturated heterocycles. The number of methoxy groups -OCH3 is 1. The van der Waals surface area contributed by atoms with Gasteiger partial charge in [-0.25, -0.2) is 4.39 Å². The first-order valence-electron chi connectivity index (χ1n) is 6.97. The molecule has 0 radical (unpaired) electrons. The molecule has 0 heterocycles. The van der Waals surface area contributed by atoms with E-state index in [0.29, 0.717) is 17.1 Å². The van der Waals surface area contributed by atoms with Crippen LogP contribution >= 0.6 is 11.8 Å². The standard InChI is InChI=1S/C17H20FNOS/c1-3-19-11-13-5-4-6-16(9-13)21-12-14-7-8-15(20-2)10-17(14)18/h4-10,19H,3,11-12H2,1-2H3. The molecule has 0 aliphatic carbocycles. The van der Waals surface area contributed by atoms with Gasteiger partial charge >= 0.3 is 0 Å². The molecule has 0 fully saturated rings. The zero-order valence-electron chi connectivity index (χ0n) is 12.4. The van der Waals surface area contributed by atoms with Gasteiger partial charge in [0.15, 0.2) is 0 Å². The van der Waals surface area contributed by atoms with Gasteiger partial charge in [-0.15, -0.1) is 11.8 Å². The molecule has 0 amide bonds. The highest BCUT2D eigenvalue weighted by Gasteiger charge is 2.05. The lowest BCUT2D eigenvalue weighted by Gasteiger charge is -2.07. The summed E-state index contributed by atoms with van der Waals surface area (Å²) in [4.78, 5) is 1.15. The van der Waals surface area contributed by atoms with E-state index in [0.717, 1.165) is 18.0 Å². The molecule has 0 bridgehead atoms. The normalized spacial score (nSPS) is 10.6. The van der Waals surface area contributed by atoms with Crippen molar-refractivity contribution in [2.75, 3.05) is 13.7 Å². The first kappa shape index (κ1) is 15.9. The van der Waals surface area contributed by atoms with E-state index in [4.69, 9.17) is 4.74 Å². The number of halogens is 1. The third kappa shape index (κ3) is 4.76. The molecule has 112 valence electrons. The van der Waals surface area contributed by atoms with Crippen LogP contribution in [0.1, 0.15) is 18.1 Å². The summed E-state index contributed by atoms with van der Waals surface area (Å²) in [6.07, 6.45) is 0. The highest BCUT2D eigenvalue weighted by molar-refractivity contribution is 7.98. The Kier molecular flexibility index (Phi) is 6.08. The summed E-state index contributed by atoms with van der Waals surface area (Å²) in [6, 6.07) is 13.3. The summed E-state index contributed by atoms with van der Waals surface area (Å²) in [5, 5.41) is 3.30. The van der Waals surface area contributed by atoms with Gasteiger partial charge in [-0.3, -0.25) is 0 Å². The lowest BCUT2D eigenvalue weighted by Crippen LogP contribution is -2.11. The van der Waals surface area contributed by atoms with Crippen LogP contribution in [0.2, 0.25) is 0 Å². The molecule has 0 aliphatic rings. The number of thioether (sulfide) groups is 1. The number of hydrogen-bond donors (Lipinski definition) is 1. The fourth-order valence-corrected chi connectivity index (χ4v) is 2.91. The smallest absolute Gasteiger partial charge is 0.130 e. The minimum atomic E-state index is -0.217. The first-order valence-corrected chi connectivity index (χ1v) is 7.96. The molecule has 2 nitrogen and oxygen atoms in total. The van der Waals surface area contributed by atoms with Crippen LogP contribution in [0.3, 0.4) is 0 Å². The zero-order valence-corrected chi connectivity index (χ0v) is 13.2. The molecule has 2 aromatic carbocycles. The maximum Gasteiger partial charge on any atom is 0.130 e. The van der Waals surface area contributed by atoms with E-state index in [2.05, 4.69) is 30.4 Å². The Bertz CT molecular complexity index is 589. The molecular weight excluding hydrogens is 285 g/mol. The predicted octanol–water partition coefficient (Wildman–Crippen LogP) is 4.24. The maximum absolute atomic E-state index is 13.9. The Labute approximate surface area is 129 Å². The lowest BCUT2D eigenvalue weighted by molar-refractivity contribution is 0.411. The van der Waals surface area contributed by atoms with Crippen molar-refractivity contribution in [3.05, 3.63) is 59.4 Å². The Morgan fingerprint density at radius 2 is 2.05 bits per heavy atom. The summed E-state index contributed by atoms with van der Waals surface area (Å²) < 4.78 is 18.9. The van der Waals surface area contributed by atoms with E-state index in [1.54, 1.807) is 31.0 Å². The molecule has 2 rings (SSSR count). The number of hydrogen-bond acceptors (Lipinski definition) is 3. The molecule has 4 heteroatoms. The van der Waals surface area contributed by atoms with Crippen molar-refractivity contribution in [2.24, 2.45) is 0 Å². The van der Waals surface area contributed by atoms with E-state index in [9.17, 15) is 4.39 Å². The molecule has 0 spiro atoms. The Morgan fingerprint density at radius 3 is 2.76 bits per heavy atom. The Balaban J connectivity index is 1.99. The third-order valence-corrected chi connectivity index (χ3v) is 4.17. The van der Waals surface area contributed by atoms with Crippen LogP contribution in [0.4, 0.5) is 4.39 Å². The minimum absolute atomic E-state index is 0.217. The third-order valence-electron chi connectivity index (χ3n) is 3.13. The number of nitrogens with one attached hydrogen (secondary N) is 1. The van der Waals surface area contributed by atoms with Gasteiger partial charge in [0.05, 0.1) is 7.11 Å². The van der Waals surface area contributed by atoms with Gasteiger partial charge < -0.3 is 10.1 Å². The van der Waals surface area contributed by atoms with E-state index in [1.807, 2.05) is 6.07 Å². The average Bonchev–Trinajstić information content (AvgIpc) is 2.52. The van der Waals surface area contributed by atoms with E-state index in [1.165, 1.54) is 11.6 Å². The summed E-state index contributed by atoms with van der Waals surface area (Å²) in [7, 11) is 1.54. The molecule has 21 heavy (non-hydrogen) atoms. The summed E-state index contributed by atoms with van der Waals surface area (Å²) >= 11 is 1.64. The van der Waals surface area contributed by atoms with Crippen LogP contribution in [0.5, 0.6) is 5.75 Å². The zero-order chi connectivity index (χ0) is 15.1. The van der Waals surface area contributed by atoms with Crippen LogP contribution in [0, 0.1) is 5.82 Å². The number of benzene rings is 2. The molecule has 0 aromatic heterocycles. The Morgan fingerprint density at radius 1 is 1.19 bits per heavy atom. The van der Waals surface area contributed by atoms with E-state index < -0.39 is 0 Å². The molecule has 0 aliphatic heterocycles. The topological polar surface area (TPSA) is 21.3 Å². The van der Waals surface area contributed by atoms with Crippen LogP contribution in [0.25, 0.3) is 0 Å². The van der Waals surface area contributed by atoms with Crippen molar-refractivity contribution in [1.29, 1.82) is 0 Å². The van der Waals surface area contributed by atoms with Crippen LogP contribution < -0.4 is 10.1 Å². The monoisotopic (exact) mass is 305 g/mol. The molecular formula is C17H20FNOS. The largest absolute Gasteiger partial charge is 0.497 e. The fourth-order valence-electron chi connectivity index (χ4n) is 1.95. The van der Waals surface area contributed by atoms with E-state index >= 15 is 0 Å². The van der Waals surface area contributed by atoms with E-state index in [-0.39, 0.29) is 5.82 Å². The predicted molar refractivity (Wildman–Crippen MR) is 86.3 cm³/mol. The van der Waals surface area contributed by atoms with Gasteiger partial charge in [-0.1, -0.05) is 25.1 Å². The molecule has 0 saturated carbocycles. The molecule has 2 aromatic rings. The van der Waals surface area contributed by atoms with Crippen molar-refractivity contribution >= 4 is 11.8 Å². The van der Waals surface area contributed by atoms with Crippen LogP contribution in [-0.2, 0) is 12.3 Å². The van der Waals surface area contributed by atoms with Gasteiger partial charge in [0.25, 0.3) is 0 Å². The highest BCUT2D eigenvalue weighted by atomic mass is 32.2. The second-order valence-corrected chi connectivity index (χ2v) is 5.72. The average molecular weight is 305 g/mol. The van der Waals surface area contributed by atoms with Crippen molar-refractivity contribution < 1.29 is 9.13 Å². The Hall–Kier alpha value is -1.52. The minimum Gasteiger partial charge on any atom is -0.497 e. The van der Waals surface area contributed by atoms with Crippen LogP contribution in [0.15, 0.2) is 47.4 Å². The molecule has 0 unspecified atom stereocenters. The van der Waals surface area contributed by atoms with Crippen LogP contribution in [-0.4, -0.2) is 13.7 Å². The molecule has 1 N–H and O–H groups in total. The number of rotatable bonds is 7. The van der Waals surface area contributed by atoms with Crippen molar-refractivity contribution in [3.63, 3.8) is 0 Å². The maximum atomic E-state index is 13.9. The van der Waals surface area contributed by atoms with Crippen molar-refractivity contribution in [1.82, 2.24) is 5.32 Å². The summed E-state index contributed by atoms with van der Waals surface area (Å²) in [5.41, 5.74) is 1.94. The van der Waals surface area contributed by atoms with Gasteiger partial charge in [0, 0.05) is 23.3 Å². The van der Waals surface area contributed by atoms with Gasteiger partial charge in [0.2, 0.25) is 0 Å². The molecule has 0 atom stereocenters. The van der Waals surface area contributed by atoms with Gasteiger partial charge in [-0.2, -0.15) is 0 Å². The highest BCUT2D eigenvalue weighted by Crippen LogP contribution is 2.26.